The van der Waals surface area contributed by atoms with Gasteiger partial charge in [-0.05, 0) is 24.3 Å². The van der Waals surface area contributed by atoms with Crippen LogP contribution in [0, 0.1) is 0 Å². The molecule has 3 aromatic rings. The average molecular weight is 404 g/mol. The van der Waals surface area contributed by atoms with Crippen molar-refractivity contribution >= 4 is 27.8 Å². The van der Waals surface area contributed by atoms with E-state index in [2.05, 4.69) is 41.3 Å². The highest BCUT2D eigenvalue weighted by Gasteiger charge is 2.15. The van der Waals surface area contributed by atoms with E-state index in [9.17, 15) is 0 Å². The third kappa shape index (κ3) is 3.85. The Labute approximate surface area is 153 Å². The van der Waals surface area contributed by atoms with Crippen LogP contribution < -0.4 is 10.2 Å². The van der Waals surface area contributed by atoms with Crippen molar-refractivity contribution in [2.45, 2.75) is 6.54 Å². The van der Waals surface area contributed by atoms with Crippen molar-refractivity contribution in [2.24, 2.45) is 0 Å². The zero-order valence-corrected chi connectivity index (χ0v) is 15.1. The maximum Gasteiger partial charge on any atom is 0.246 e. The molecule has 1 aromatic carbocycles. The maximum atomic E-state index is 5.90. The Hall–Kier alpha value is -2.32. The van der Waals surface area contributed by atoms with Crippen LogP contribution in [0.1, 0.15) is 5.76 Å². The van der Waals surface area contributed by atoms with Crippen LogP contribution in [0.5, 0.6) is 0 Å². The minimum absolute atomic E-state index is 0.533. The molecule has 1 fully saturated rings. The lowest BCUT2D eigenvalue weighted by Crippen LogP contribution is -2.36. The monoisotopic (exact) mass is 403 g/mol. The number of furan rings is 1. The van der Waals surface area contributed by atoms with Gasteiger partial charge < -0.3 is 19.4 Å². The zero-order chi connectivity index (χ0) is 17.1. The van der Waals surface area contributed by atoms with Crippen LogP contribution in [0.15, 0.2) is 45.3 Å². The average Bonchev–Trinajstić information content (AvgIpc) is 3.30. The van der Waals surface area contributed by atoms with Gasteiger partial charge in [-0.1, -0.05) is 28.1 Å². The van der Waals surface area contributed by atoms with E-state index in [0.717, 1.165) is 34.6 Å². The number of H-pyrrole nitrogens is 1. The molecule has 0 radical (unpaired) electrons. The molecule has 0 spiro atoms. The second kappa shape index (κ2) is 7.28. The quantitative estimate of drug-likeness (QED) is 0.680. The molecule has 3 heterocycles. The van der Waals surface area contributed by atoms with Crippen LogP contribution in [-0.2, 0) is 11.3 Å². The Kier molecular flexibility index (Phi) is 4.71. The number of hydrogen-bond donors (Lipinski definition) is 2. The lowest BCUT2D eigenvalue weighted by Gasteiger charge is -2.25. The molecule has 4 rings (SSSR count). The van der Waals surface area contributed by atoms with Crippen LogP contribution in [-0.4, -0.2) is 41.5 Å². The lowest BCUT2D eigenvalue weighted by molar-refractivity contribution is 0.122. The molecule has 2 N–H and O–H groups in total. The van der Waals surface area contributed by atoms with Crippen LogP contribution in [0.3, 0.4) is 0 Å². The summed E-state index contributed by atoms with van der Waals surface area (Å²) in [5, 5.41) is 10.4. The minimum atomic E-state index is 0.533. The summed E-state index contributed by atoms with van der Waals surface area (Å²) < 4.78 is 12.3. The second-order valence-electron chi connectivity index (χ2n) is 5.71. The molecule has 0 amide bonds. The molecule has 2 aromatic heterocycles. The van der Waals surface area contributed by atoms with E-state index in [0.29, 0.717) is 31.7 Å². The topological polar surface area (TPSA) is 79.2 Å². The first-order valence-electron chi connectivity index (χ1n) is 8.11. The molecule has 1 saturated heterocycles. The summed E-state index contributed by atoms with van der Waals surface area (Å²) in [6.45, 7) is 3.58. The third-order valence-corrected chi connectivity index (χ3v) is 4.46. The van der Waals surface area contributed by atoms with E-state index in [1.54, 1.807) is 0 Å². The van der Waals surface area contributed by atoms with Crippen molar-refractivity contribution < 1.29 is 9.15 Å². The smallest absolute Gasteiger partial charge is 0.246 e. The fourth-order valence-corrected chi connectivity index (χ4v) is 3.08. The number of nitrogens with zero attached hydrogens (tertiary/aromatic N) is 3. The fraction of sp³-hybridized carbons (Fsp3) is 0.294. The summed E-state index contributed by atoms with van der Waals surface area (Å²) in [5.74, 6) is 2.99. The number of morpholine rings is 1. The highest BCUT2D eigenvalue weighted by atomic mass is 79.9. The van der Waals surface area contributed by atoms with Gasteiger partial charge in [0.15, 0.2) is 0 Å². The van der Waals surface area contributed by atoms with Crippen LogP contribution in [0.4, 0.5) is 11.9 Å². The van der Waals surface area contributed by atoms with Gasteiger partial charge in [0.2, 0.25) is 11.9 Å². The number of benzene rings is 1. The minimum Gasteiger partial charge on any atom is -0.459 e. The van der Waals surface area contributed by atoms with Crippen LogP contribution in [0.25, 0.3) is 11.3 Å². The number of anilines is 2. The molecule has 0 atom stereocenters. The van der Waals surface area contributed by atoms with Gasteiger partial charge in [0.25, 0.3) is 0 Å². The summed E-state index contributed by atoms with van der Waals surface area (Å²) >= 11 is 3.48. The molecule has 1 aliphatic rings. The zero-order valence-electron chi connectivity index (χ0n) is 13.5. The highest BCUT2D eigenvalue weighted by Crippen LogP contribution is 2.25. The predicted octanol–water partition coefficient (Wildman–Crippen LogP) is 3.28. The van der Waals surface area contributed by atoms with E-state index < -0.39 is 0 Å². The summed E-state index contributed by atoms with van der Waals surface area (Å²) in [5.41, 5.74) is 1.04. The van der Waals surface area contributed by atoms with Gasteiger partial charge in [0.1, 0.15) is 11.5 Å². The molecule has 0 unspecified atom stereocenters. The van der Waals surface area contributed by atoms with Crippen LogP contribution in [0.2, 0.25) is 0 Å². The van der Waals surface area contributed by atoms with E-state index in [-0.39, 0.29) is 0 Å². The number of hydrogen-bond acceptors (Lipinski definition) is 6. The third-order valence-electron chi connectivity index (χ3n) is 3.97. The number of ether oxygens (including phenoxy) is 1. The molecule has 1 aliphatic heterocycles. The number of halogens is 1. The Morgan fingerprint density at radius 1 is 1.20 bits per heavy atom. The van der Waals surface area contributed by atoms with Gasteiger partial charge in [-0.25, -0.2) is 5.10 Å². The van der Waals surface area contributed by atoms with E-state index in [1.165, 1.54) is 0 Å². The standard InChI is InChI=1S/C17H18BrN5O2/c18-13-3-1-2-12(10-13)15-5-4-14(25-15)11-19-16-20-17(22-21-16)23-6-8-24-9-7-23/h1-5,10H,6-9,11H2,(H2,19,20,21,22). The molecule has 25 heavy (non-hydrogen) atoms. The Morgan fingerprint density at radius 2 is 2.08 bits per heavy atom. The largest absolute Gasteiger partial charge is 0.459 e. The van der Waals surface area contributed by atoms with Gasteiger partial charge in [0.05, 0.1) is 19.8 Å². The molecule has 8 heteroatoms. The van der Waals surface area contributed by atoms with E-state index in [1.807, 2.05) is 36.4 Å². The van der Waals surface area contributed by atoms with E-state index >= 15 is 0 Å². The molecule has 0 saturated carbocycles. The van der Waals surface area contributed by atoms with Crippen molar-refractivity contribution in [1.29, 1.82) is 0 Å². The molecule has 0 bridgehead atoms. The van der Waals surface area contributed by atoms with Crippen molar-refractivity contribution in [3.8, 4) is 11.3 Å². The fourth-order valence-electron chi connectivity index (χ4n) is 2.68. The summed E-state index contributed by atoms with van der Waals surface area (Å²) in [6, 6.07) is 12.0. The lowest BCUT2D eigenvalue weighted by atomic mass is 10.2. The van der Waals surface area contributed by atoms with Gasteiger partial charge in [-0.15, -0.1) is 5.10 Å². The van der Waals surface area contributed by atoms with Crippen molar-refractivity contribution in [3.63, 3.8) is 0 Å². The van der Waals surface area contributed by atoms with Crippen LogP contribution >= 0.6 is 15.9 Å². The van der Waals surface area contributed by atoms with Gasteiger partial charge in [-0.3, -0.25) is 0 Å². The maximum absolute atomic E-state index is 5.90. The summed E-state index contributed by atoms with van der Waals surface area (Å²) in [7, 11) is 0. The van der Waals surface area contributed by atoms with Crippen molar-refractivity contribution in [3.05, 3.63) is 46.6 Å². The Balaban J connectivity index is 1.38. The number of nitrogens with one attached hydrogen (secondary N) is 2. The molecule has 7 nitrogen and oxygen atoms in total. The van der Waals surface area contributed by atoms with Gasteiger partial charge in [0, 0.05) is 23.1 Å². The van der Waals surface area contributed by atoms with E-state index in [4.69, 9.17) is 9.15 Å². The summed E-state index contributed by atoms with van der Waals surface area (Å²) in [4.78, 5) is 6.57. The van der Waals surface area contributed by atoms with Gasteiger partial charge in [-0.2, -0.15) is 4.98 Å². The van der Waals surface area contributed by atoms with Gasteiger partial charge >= 0.3 is 0 Å². The Morgan fingerprint density at radius 3 is 2.92 bits per heavy atom. The highest BCUT2D eigenvalue weighted by molar-refractivity contribution is 9.10. The first-order valence-corrected chi connectivity index (χ1v) is 8.91. The number of aromatic amines is 1. The molecule has 130 valence electrons. The van der Waals surface area contributed by atoms with Crippen molar-refractivity contribution in [1.82, 2.24) is 15.2 Å². The molecule has 0 aliphatic carbocycles. The first-order chi connectivity index (χ1) is 12.3. The summed E-state index contributed by atoms with van der Waals surface area (Å²) in [6.07, 6.45) is 0. The number of rotatable bonds is 5. The first kappa shape index (κ1) is 16.2. The normalized spacial score (nSPS) is 14.7. The predicted molar refractivity (Wildman–Crippen MR) is 98.6 cm³/mol. The number of aromatic nitrogens is 3. The SMILES string of the molecule is Brc1cccc(-c2ccc(CNc3nc(N4CCOCC4)n[nH]3)o2)c1. The second-order valence-corrected chi connectivity index (χ2v) is 6.63. The molecular formula is C17H18BrN5O2. The molecular weight excluding hydrogens is 386 g/mol. The van der Waals surface area contributed by atoms with Crippen molar-refractivity contribution in [2.75, 3.05) is 36.5 Å². The Bertz CT molecular complexity index is 841.